The Morgan fingerprint density at radius 3 is 2.59 bits per heavy atom. The number of phenolic OH excluding ortho intramolecular Hbond substituents is 1. The van der Waals surface area contributed by atoms with Crippen LogP contribution in [-0.2, 0) is 11.2 Å². The molecule has 2 aromatic carbocycles. The van der Waals surface area contributed by atoms with E-state index in [0.717, 1.165) is 11.1 Å². The lowest BCUT2D eigenvalue weighted by atomic mass is 10.0. The number of aromatic hydroxyl groups is 1. The van der Waals surface area contributed by atoms with Crippen LogP contribution in [-0.4, -0.2) is 23.2 Å². The van der Waals surface area contributed by atoms with Crippen LogP contribution in [0.15, 0.2) is 54.9 Å². The third-order valence-electron chi connectivity index (χ3n) is 4.08. The van der Waals surface area contributed by atoms with Crippen molar-refractivity contribution in [2.45, 2.75) is 13.3 Å². The number of hydrogen-bond donors (Lipinski definition) is 2. The Balaban J connectivity index is 2.11. The summed E-state index contributed by atoms with van der Waals surface area (Å²) >= 11 is 0. The van der Waals surface area contributed by atoms with Crippen molar-refractivity contribution in [3.8, 4) is 5.75 Å². The fourth-order valence-corrected chi connectivity index (χ4v) is 2.85. The van der Waals surface area contributed by atoms with Crippen LogP contribution in [0.4, 0.5) is 10.1 Å². The van der Waals surface area contributed by atoms with Crippen LogP contribution in [0.5, 0.6) is 5.75 Å². The van der Waals surface area contributed by atoms with E-state index in [1.54, 1.807) is 25.3 Å². The lowest BCUT2D eigenvalue weighted by Gasteiger charge is -2.14. The number of fused-ring (bicyclic) bond motifs is 1. The number of ether oxygens (including phenoxy) is 1. The smallest absolute Gasteiger partial charge is 0.341 e. The number of pyridine rings is 1. The van der Waals surface area contributed by atoms with Crippen molar-refractivity contribution < 1.29 is 19.0 Å². The minimum absolute atomic E-state index is 0.0209. The molecule has 0 atom stereocenters. The molecule has 3 rings (SSSR count). The first-order valence-corrected chi connectivity index (χ1v) is 8.29. The monoisotopic (exact) mass is 366 g/mol. The third-order valence-corrected chi connectivity index (χ3v) is 4.08. The molecule has 0 amide bonds. The molecule has 5 nitrogen and oxygen atoms in total. The fourth-order valence-electron chi connectivity index (χ4n) is 2.85. The van der Waals surface area contributed by atoms with E-state index < -0.39 is 5.97 Å². The molecular weight excluding hydrogens is 347 g/mol. The minimum atomic E-state index is -0.656. The number of aromatic nitrogens is 1. The number of allylic oxidation sites excluding steroid dienone is 1. The van der Waals surface area contributed by atoms with E-state index in [-0.39, 0.29) is 22.6 Å². The number of carbonyl (C=O) groups excluding carboxylic acids is 1. The molecule has 6 heteroatoms. The lowest BCUT2D eigenvalue weighted by Crippen LogP contribution is -2.05. The average molecular weight is 366 g/mol. The van der Waals surface area contributed by atoms with Crippen molar-refractivity contribution in [1.82, 2.24) is 4.98 Å². The Morgan fingerprint density at radius 1 is 1.26 bits per heavy atom. The van der Waals surface area contributed by atoms with Crippen LogP contribution < -0.4 is 5.32 Å². The summed E-state index contributed by atoms with van der Waals surface area (Å²) in [5, 5.41) is 14.2. The van der Waals surface area contributed by atoms with Gasteiger partial charge >= 0.3 is 5.97 Å². The molecule has 0 spiro atoms. The molecular formula is C21H19FN2O3. The van der Waals surface area contributed by atoms with Crippen molar-refractivity contribution in [3.05, 3.63) is 77.4 Å². The Morgan fingerprint density at radius 2 is 1.96 bits per heavy atom. The maximum Gasteiger partial charge on any atom is 0.341 e. The van der Waals surface area contributed by atoms with Gasteiger partial charge < -0.3 is 15.2 Å². The first-order valence-electron chi connectivity index (χ1n) is 8.29. The van der Waals surface area contributed by atoms with E-state index >= 15 is 0 Å². The van der Waals surface area contributed by atoms with Gasteiger partial charge in [-0.25, -0.2) is 9.18 Å². The number of rotatable bonds is 5. The highest BCUT2D eigenvalue weighted by atomic mass is 19.1. The van der Waals surface area contributed by atoms with E-state index in [0.29, 0.717) is 23.2 Å². The zero-order chi connectivity index (χ0) is 19.6. The number of esters is 1. The zero-order valence-electron chi connectivity index (χ0n) is 15.0. The normalized spacial score (nSPS) is 10.6. The summed E-state index contributed by atoms with van der Waals surface area (Å²) in [5.74, 6) is -1.18. The summed E-state index contributed by atoms with van der Waals surface area (Å²) in [7, 11) is 1.25. The molecule has 1 heterocycles. The van der Waals surface area contributed by atoms with Gasteiger partial charge in [0.2, 0.25) is 0 Å². The van der Waals surface area contributed by atoms with Crippen LogP contribution in [0.3, 0.4) is 0 Å². The standard InChI is InChI=1S/C21H19FN2O3/c1-12(2)24-18-10-17(21(26)27-3)20(25)19-16(18)9-14(11-23-19)8-13-4-6-15(22)7-5-13/h4-7,9-11,24-25H,1,8H2,2-3H3. The molecule has 0 bridgehead atoms. The van der Waals surface area contributed by atoms with Gasteiger partial charge in [0.05, 0.1) is 7.11 Å². The summed E-state index contributed by atoms with van der Waals surface area (Å²) < 4.78 is 17.8. The van der Waals surface area contributed by atoms with E-state index in [9.17, 15) is 14.3 Å². The Kier molecular flexibility index (Phi) is 5.07. The topological polar surface area (TPSA) is 71.5 Å². The molecule has 0 unspecified atom stereocenters. The maximum atomic E-state index is 13.1. The summed E-state index contributed by atoms with van der Waals surface area (Å²) in [5.41, 5.74) is 3.37. The largest absolute Gasteiger partial charge is 0.505 e. The lowest BCUT2D eigenvalue weighted by molar-refractivity contribution is 0.0598. The number of phenols is 1. The van der Waals surface area contributed by atoms with Gasteiger partial charge in [-0.1, -0.05) is 18.7 Å². The van der Waals surface area contributed by atoms with Gasteiger partial charge in [0.15, 0.2) is 5.75 Å². The number of halogens is 1. The predicted octanol–water partition coefficient (Wildman–Crippen LogP) is 4.40. The van der Waals surface area contributed by atoms with Crippen molar-refractivity contribution >= 4 is 22.6 Å². The molecule has 2 N–H and O–H groups in total. The van der Waals surface area contributed by atoms with Gasteiger partial charge in [0, 0.05) is 23.0 Å². The van der Waals surface area contributed by atoms with Crippen LogP contribution in [0.1, 0.15) is 28.4 Å². The van der Waals surface area contributed by atoms with Gasteiger partial charge in [-0.05, 0) is 48.7 Å². The molecule has 0 aliphatic rings. The highest BCUT2D eigenvalue weighted by Crippen LogP contribution is 2.35. The molecule has 27 heavy (non-hydrogen) atoms. The summed E-state index contributed by atoms with van der Waals surface area (Å²) in [4.78, 5) is 16.3. The zero-order valence-corrected chi connectivity index (χ0v) is 15.0. The number of nitrogens with zero attached hydrogens (tertiary/aromatic N) is 1. The van der Waals surface area contributed by atoms with E-state index in [2.05, 4.69) is 16.9 Å². The molecule has 138 valence electrons. The van der Waals surface area contributed by atoms with E-state index in [1.807, 2.05) is 6.07 Å². The highest BCUT2D eigenvalue weighted by Gasteiger charge is 2.19. The van der Waals surface area contributed by atoms with Gasteiger partial charge in [-0.15, -0.1) is 0 Å². The molecule has 0 fully saturated rings. The Hall–Kier alpha value is -3.41. The Labute approximate surface area is 156 Å². The van der Waals surface area contributed by atoms with Gasteiger partial charge in [0.1, 0.15) is 16.9 Å². The first kappa shape index (κ1) is 18.4. The Bertz CT molecular complexity index is 1030. The molecule has 0 radical (unpaired) electrons. The summed E-state index contributed by atoms with van der Waals surface area (Å²) in [6.07, 6.45) is 2.17. The molecule has 0 saturated heterocycles. The molecule has 1 aromatic heterocycles. The van der Waals surface area contributed by atoms with Crippen LogP contribution >= 0.6 is 0 Å². The molecule has 0 saturated carbocycles. The maximum absolute atomic E-state index is 13.1. The highest BCUT2D eigenvalue weighted by molar-refractivity contribution is 6.05. The number of anilines is 1. The quantitative estimate of drug-likeness (QED) is 0.517. The van der Waals surface area contributed by atoms with Gasteiger partial charge in [-0.2, -0.15) is 0 Å². The van der Waals surface area contributed by atoms with Crippen LogP contribution in [0, 0.1) is 5.82 Å². The van der Waals surface area contributed by atoms with Crippen molar-refractivity contribution in [1.29, 1.82) is 0 Å². The first-order chi connectivity index (χ1) is 12.9. The number of carbonyl (C=O) groups is 1. The van der Waals surface area contributed by atoms with E-state index in [1.165, 1.54) is 25.3 Å². The number of hydrogen-bond acceptors (Lipinski definition) is 5. The van der Waals surface area contributed by atoms with Crippen LogP contribution in [0.2, 0.25) is 0 Å². The second-order valence-corrected chi connectivity index (χ2v) is 6.26. The van der Waals surface area contributed by atoms with Gasteiger partial charge in [0.25, 0.3) is 0 Å². The summed E-state index contributed by atoms with van der Waals surface area (Å²) in [6.45, 7) is 5.61. The summed E-state index contributed by atoms with van der Waals surface area (Å²) in [6, 6.07) is 9.63. The van der Waals surface area contributed by atoms with Gasteiger partial charge in [-0.3, -0.25) is 4.98 Å². The van der Waals surface area contributed by atoms with Crippen LogP contribution in [0.25, 0.3) is 10.9 Å². The number of benzene rings is 2. The van der Waals surface area contributed by atoms with Crippen molar-refractivity contribution in [2.75, 3.05) is 12.4 Å². The molecule has 0 aliphatic heterocycles. The minimum Gasteiger partial charge on any atom is -0.505 e. The molecule has 3 aromatic rings. The number of methoxy groups -OCH3 is 1. The van der Waals surface area contributed by atoms with Crippen molar-refractivity contribution in [3.63, 3.8) is 0 Å². The average Bonchev–Trinajstić information content (AvgIpc) is 2.65. The number of nitrogens with one attached hydrogen (secondary N) is 1. The molecule has 0 aliphatic carbocycles. The van der Waals surface area contributed by atoms with E-state index in [4.69, 9.17) is 4.74 Å². The predicted molar refractivity (Wildman–Crippen MR) is 102 cm³/mol. The third kappa shape index (κ3) is 3.89. The second-order valence-electron chi connectivity index (χ2n) is 6.26. The SMILES string of the molecule is C=C(C)Nc1cc(C(=O)OC)c(O)c2ncc(Cc3ccc(F)cc3)cc12. The second kappa shape index (κ2) is 7.45. The fraction of sp³-hybridized carbons (Fsp3) is 0.143. The van der Waals surface area contributed by atoms with Crippen molar-refractivity contribution in [2.24, 2.45) is 0 Å².